The molecule has 0 saturated carbocycles. The molecule has 1 amide bonds. The number of aliphatic carboxylic acids is 1. The highest BCUT2D eigenvalue weighted by atomic mass is 16.6. The summed E-state index contributed by atoms with van der Waals surface area (Å²) in [5, 5.41) is 19.9. The van der Waals surface area contributed by atoms with Crippen molar-refractivity contribution in [3.05, 3.63) is 33.9 Å². The van der Waals surface area contributed by atoms with Crippen molar-refractivity contribution in [2.45, 2.75) is 33.6 Å². The SMILES string of the molecule is CN(C(=O)CC(C)(C)C)c1ccc(CC(=O)O)c([N+](=O)[O-])c1. The first-order chi connectivity index (χ1) is 10.0. The minimum absolute atomic E-state index is 0.109. The Morgan fingerprint density at radius 2 is 1.91 bits per heavy atom. The number of carboxylic acid groups (broad SMARTS) is 1. The molecule has 120 valence electrons. The van der Waals surface area contributed by atoms with Gasteiger partial charge in [0, 0.05) is 25.1 Å². The molecule has 0 radical (unpaired) electrons. The van der Waals surface area contributed by atoms with Gasteiger partial charge >= 0.3 is 5.97 Å². The summed E-state index contributed by atoms with van der Waals surface area (Å²) in [6.45, 7) is 5.78. The van der Waals surface area contributed by atoms with Gasteiger partial charge in [0.25, 0.3) is 5.69 Å². The Morgan fingerprint density at radius 3 is 2.36 bits per heavy atom. The van der Waals surface area contributed by atoms with E-state index in [1.807, 2.05) is 20.8 Å². The van der Waals surface area contributed by atoms with E-state index in [0.29, 0.717) is 12.1 Å². The van der Waals surface area contributed by atoms with Crippen LogP contribution < -0.4 is 4.90 Å². The zero-order chi connectivity index (χ0) is 17.1. The monoisotopic (exact) mass is 308 g/mol. The molecule has 7 nitrogen and oxygen atoms in total. The van der Waals surface area contributed by atoms with Crippen molar-refractivity contribution in [3.8, 4) is 0 Å². The van der Waals surface area contributed by atoms with Gasteiger partial charge in [-0.1, -0.05) is 20.8 Å². The van der Waals surface area contributed by atoms with Crippen LogP contribution in [0.15, 0.2) is 18.2 Å². The van der Waals surface area contributed by atoms with Gasteiger partial charge in [0.2, 0.25) is 5.91 Å². The predicted octanol–water partition coefficient (Wildman–Crippen LogP) is 2.62. The number of nitro groups is 1. The van der Waals surface area contributed by atoms with Crippen LogP contribution in [0, 0.1) is 15.5 Å². The molecule has 0 atom stereocenters. The van der Waals surface area contributed by atoms with Crippen LogP contribution in [0.1, 0.15) is 32.8 Å². The van der Waals surface area contributed by atoms with Gasteiger partial charge in [-0.15, -0.1) is 0 Å². The van der Waals surface area contributed by atoms with Gasteiger partial charge in [0.05, 0.1) is 17.0 Å². The number of nitrogens with zero attached hydrogens (tertiary/aromatic N) is 2. The van der Waals surface area contributed by atoms with Crippen LogP contribution in [0.4, 0.5) is 11.4 Å². The van der Waals surface area contributed by atoms with E-state index in [4.69, 9.17) is 5.11 Å². The minimum atomic E-state index is -1.15. The van der Waals surface area contributed by atoms with Crippen LogP contribution in [0.2, 0.25) is 0 Å². The summed E-state index contributed by atoms with van der Waals surface area (Å²) in [6.07, 6.45) is -0.135. The lowest BCUT2D eigenvalue weighted by molar-refractivity contribution is -0.385. The smallest absolute Gasteiger partial charge is 0.308 e. The molecule has 0 unspecified atom stereocenters. The van der Waals surface area contributed by atoms with Crippen molar-refractivity contribution in [3.63, 3.8) is 0 Å². The first-order valence-electron chi connectivity index (χ1n) is 6.77. The molecule has 1 aromatic carbocycles. The van der Waals surface area contributed by atoms with Gasteiger partial charge in [-0.25, -0.2) is 0 Å². The molecule has 0 saturated heterocycles. The first-order valence-corrected chi connectivity index (χ1v) is 6.77. The zero-order valence-electron chi connectivity index (χ0n) is 13.1. The molecule has 0 aromatic heterocycles. The summed E-state index contributed by atoms with van der Waals surface area (Å²) in [5.74, 6) is -1.30. The summed E-state index contributed by atoms with van der Waals surface area (Å²) in [4.78, 5) is 34.7. The van der Waals surface area contributed by atoms with Gasteiger partial charge in [-0.3, -0.25) is 19.7 Å². The number of amides is 1. The number of nitro benzene ring substituents is 1. The molecule has 7 heteroatoms. The third-order valence-corrected chi connectivity index (χ3v) is 3.05. The largest absolute Gasteiger partial charge is 0.481 e. The lowest BCUT2D eigenvalue weighted by Crippen LogP contribution is -2.29. The van der Waals surface area contributed by atoms with Gasteiger partial charge in [-0.05, 0) is 17.5 Å². The van der Waals surface area contributed by atoms with Crippen molar-refractivity contribution >= 4 is 23.3 Å². The Kier molecular flexibility index (Phi) is 5.24. The summed E-state index contributed by atoms with van der Waals surface area (Å²) >= 11 is 0. The van der Waals surface area contributed by atoms with Crippen LogP contribution in [0.5, 0.6) is 0 Å². The van der Waals surface area contributed by atoms with Gasteiger partial charge in [0.1, 0.15) is 0 Å². The Morgan fingerprint density at radius 1 is 1.32 bits per heavy atom. The molecule has 0 aliphatic carbocycles. The molecule has 22 heavy (non-hydrogen) atoms. The van der Waals surface area contributed by atoms with E-state index >= 15 is 0 Å². The quantitative estimate of drug-likeness (QED) is 0.665. The second-order valence-electron chi connectivity index (χ2n) is 6.33. The molecule has 0 spiro atoms. The Balaban J connectivity index is 3.11. The van der Waals surface area contributed by atoms with E-state index in [9.17, 15) is 19.7 Å². The number of hydrogen-bond donors (Lipinski definition) is 1. The zero-order valence-corrected chi connectivity index (χ0v) is 13.1. The van der Waals surface area contributed by atoms with E-state index in [0.717, 1.165) is 0 Å². The van der Waals surface area contributed by atoms with Crippen LogP contribution in [-0.4, -0.2) is 29.0 Å². The van der Waals surface area contributed by atoms with Crippen molar-refractivity contribution in [1.29, 1.82) is 0 Å². The van der Waals surface area contributed by atoms with Crippen LogP contribution in [0.25, 0.3) is 0 Å². The maximum absolute atomic E-state index is 12.2. The van der Waals surface area contributed by atoms with Crippen molar-refractivity contribution < 1.29 is 19.6 Å². The normalized spacial score (nSPS) is 11.1. The molecule has 0 heterocycles. The van der Waals surface area contributed by atoms with E-state index in [-0.39, 0.29) is 22.6 Å². The number of carboxylic acids is 1. The van der Waals surface area contributed by atoms with Crippen molar-refractivity contribution in [2.24, 2.45) is 5.41 Å². The van der Waals surface area contributed by atoms with E-state index in [2.05, 4.69) is 0 Å². The highest BCUT2D eigenvalue weighted by molar-refractivity contribution is 5.93. The van der Waals surface area contributed by atoms with Crippen LogP contribution in [-0.2, 0) is 16.0 Å². The average molecular weight is 308 g/mol. The summed E-state index contributed by atoms with van der Waals surface area (Å²) in [6, 6.07) is 4.13. The van der Waals surface area contributed by atoms with Crippen LogP contribution >= 0.6 is 0 Å². The first kappa shape index (κ1) is 17.6. The maximum atomic E-state index is 12.2. The molecule has 1 aromatic rings. The lowest BCUT2D eigenvalue weighted by atomic mass is 9.91. The van der Waals surface area contributed by atoms with Crippen molar-refractivity contribution in [2.75, 3.05) is 11.9 Å². The fraction of sp³-hybridized carbons (Fsp3) is 0.467. The molecule has 1 N–H and O–H groups in total. The molecule has 1 rings (SSSR count). The fourth-order valence-electron chi connectivity index (χ4n) is 1.96. The Hall–Kier alpha value is -2.44. The maximum Gasteiger partial charge on any atom is 0.308 e. The summed E-state index contributed by atoms with van der Waals surface area (Å²) < 4.78 is 0. The molecule has 0 aliphatic rings. The highest BCUT2D eigenvalue weighted by Crippen LogP contribution is 2.27. The number of anilines is 1. The molecular formula is C15H20N2O5. The summed E-state index contributed by atoms with van der Waals surface area (Å²) in [7, 11) is 1.55. The van der Waals surface area contributed by atoms with Gasteiger partial charge in [-0.2, -0.15) is 0 Å². The fourth-order valence-corrected chi connectivity index (χ4v) is 1.96. The van der Waals surface area contributed by atoms with Crippen molar-refractivity contribution in [1.82, 2.24) is 0 Å². The standard InChI is InChI=1S/C15H20N2O5/c1-15(2,3)9-13(18)16(4)11-6-5-10(7-14(19)20)12(8-11)17(21)22/h5-6,8H,7,9H2,1-4H3,(H,19,20). The van der Waals surface area contributed by atoms with E-state index < -0.39 is 17.3 Å². The highest BCUT2D eigenvalue weighted by Gasteiger charge is 2.23. The number of benzene rings is 1. The topological polar surface area (TPSA) is 101 Å². The lowest BCUT2D eigenvalue weighted by Gasteiger charge is -2.23. The second-order valence-corrected chi connectivity index (χ2v) is 6.33. The number of carbonyl (C=O) groups is 2. The predicted molar refractivity (Wildman–Crippen MR) is 81.9 cm³/mol. The van der Waals surface area contributed by atoms with Crippen LogP contribution in [0.3, 0.4) is 0 Å². The summed E-state index contributed by atoms with van der Waals surface area (Å²) in [5.41, 5.74) is -0.0103. The van der Waals surface area contributed by atoms with Gasteiger partial charge in [0.15, 0.2) is 0 Å². The van der Waals surface area contributed by atoms with E-state index in [1.165, 1.54) is 23.1 Å². The number of rotatable bonds is 5. The average Bonchev–Trinajstić information content (AvgIpc) is 2.35. The van der Waals surface area contributed by atoms with E-state index in [1.54, 1.807) is 7.05 Å². The number of hydrogen-bond acceptors (Lipinski definition) is 4. The number of carbonyl (C=O) groups excluding carboxylic acids is 1. The van der Waals surface area contributed by atoms with Gasteiger partial charge < -0.3 is 10.0 Å². The molecular weight excluding hydrogens is 288 g/mol. The second kappa shape index (κ2) is 6.55. The Bertz CT molecular complexity index is 604. The molecule has 0 fully saturated rings. The third-order valence-electron chi connectivity index (χ3n) is 3.05. The molecule has 0 bridgehead atoms. The minimum Gasteiger partial charge on any atom is -0.481 e. The molecule has 0 aliphatic heterocycles. The third kappa shape index (κ3) is 4.83. The Labute approximate surface area is 128 Å².